The molecule has 0 N–H and O–H groups in total. The Kier molecular flexibility index (Phi) is 15.2. The first kappa shape index (κ1) is 36.5. The van der Waals surface area contributed by atoms with Gasteiger partial charge in [0.2, 0.25) is 0 Å². The lowest BCUT2D eigenvalue weighted by atomic mass is 10.2. The minimum Gasteiger partial charge on any atom is -0.466 e. The number of esters is 2. The fourth-order valence-corrected chi connectivity index (χ4v) is 11.4. The van der Waals surface area contributed by atoms with E-state index in [9.17, 15) is 9.59 Å². The Bertz CT molecular complexity index is 1080. The molecular weight excluding hydrogens is 641 g/mol. The van der Waals surface area contributed by atoms with Crippen molar-refractivity contribution in [3.8, 4) is 0 Å². The van der Waals surface area contributed by atoms with Gasteiger partial charge in [0.25, 0.3) is 0 Å². The van der Waals surface area contributed by atoms with Gasteiger partial charge < -0.3 is 9.47 Å². The summed E-state index contributed by atoms with van der Waals surface area (Å²) in [4.78, 5) is 54.8. The standard InChI is InChI=1S/2C8H10O2S.2C7H10S.2CO2/c2*1-2-10-8(9)6-5-3-4-11-7(5)6;2*1-2-5-6-3-4-8-7(5)6;2*2-1-3/h2*3-7H,2H2,1H3;2*3-7H,2H2,1H3;;/t5-,6+,7-;5-,6-,7-;5-,6+,7-;5-,6-,7+;;/m0100../s1. The van der Waals surface area contributed by atoms with E-state index in [1.807, 2.05) is 37.4 Å². The summed E-state index contributed by atoms with van der Waals surface area (Å²) in [6.07, 6.45) is 12.2. The molecule has 8 aliphatic rings. The van der Waals surface area contributed by atoms with Gasteiger partial charge in [0.05, 0.1) is 25.0 Å². The highest BCUT2D eigenvalue weighted by Crippen LogP contribution is 2.57. The Morgan fingerprint density at radius 3 is 1.02 bits per heavy atom. The highest BCUT2D eigenvalue weighted by molar-refractivity contribution is 8.04. The topological polar surface area (TPSA) is 121 Å². The summed E-state index contributed by atoms with van der Waals surface area (Å²) in [6.45, 7) is 9.28. The Labute approximate surface area is 276 Å². The average Bonchev–Trinajstić information content (AvgIpc) is 3.93. The van der Waals surface area contributed by atoms with Crippen LogP contribution in [0.25, 0.3) is 0 Å². The van der Waals surface area contributed by atoms with Crippen LogP contribution >= 0.6 is 47.0 Å². The first-order valence-electron chi connectivity index (χ1n) is 15.0. The number of carbonyl (C=O) groups excluding carboxylic acids is 6. The normalized spacial score (nSPS) is 37.5. The molecule has 8 rings (SSSR count). The first-order chi connectivity index (χ1) is 21.4. The van der Waals surface area contributed by atoms with Crippen molar-refractivity contribution in [2.45, 2.75) is 61.5 Å². The van der Waals surface area contributed by atoms with E-state index in [-0.39, 0.29) is 36.1 Å². The molecule has 0 aromatic heterocycles. The van der Waals surface area contributed by atoms with E-state index in [1.54, 1.807) is 23.5 Å². The number of fused-ring (bicyclic) bond motifs is 4. The molecule has 0 unspecified atom stereocenters. The monoisotopic (exact) mass is 680 g/mol. The van der Waals surface area contributed by atoms with Crippen LogP contribution in [-0.2, 0) is 38.2 Å². The third kappa shape index (κ3) is 9.54. The smallest absolute Gasteiger partial charge is 0.373 e. The van der Waals surface area contributed by atoms with Gasteiger partial charge in [-0.2, -0.15) is 19.2 Å². The lowest BCUT2D eigenvalue weighted by molar-refractivity contribution is -0.193. The number of carbonyl (C=O) groups is 2. The van der Waals surface area contributed by atoms with E-state index >= 15 is 0 Å². The van der Waals surface area contributed by atoms with E-state index < -0.39 is 0 Å². The van der Waals surface area contributed by atoms with Crippen LogP contribution in [0.4, 0.5) is 0 Å². The lowest BCUT2D eigenvalue weighted by Crippen LogP contribution is -2.09. The van der Waals surface area contributed by atoms with Gasteiger partial charge in [0, 0.05) is 32.8 Å². The predicted octanol–water partition coefficient (Wildman–Crippen LogP) is 6.23. The maximum atomic E-state index is 11.1. The largest absolute Gasteiger partial charge is 0.466 e. The minimum absolute atomic E-state index is 0.0145. The molecule has 0 spiro atoms. The second-order valence-corrected chi connectivity index (χ2v) is 15.2. The van der Waals surface area contributed by atoms with E-state index in [4.69, 9.17) is 28.7 Å². The van der Waals surface area contributed by atoms with Gasteiger partial charge in [0.15, 0.2) is 0 Å². The van der Waals surface area contributed by atoms with Crippen molar-refractivity contribution in [1.29, 1.82) is 0 Å². The summed E-state index contributed by atoms with van der Waals surface area (Å²) in [5.41, 5.74) is 0. The van der Waals surface area contributed by atoms with Crippen LogP contribution in [0.3, 0.4) is 0 Å². The Morgan fingerprint density at radius 2 is 0.841 bits per heavy atom. The molecule has 0 bridgehead atoms. The van der Waals surface area contributed by atoms with E-state index in [2.05, 4.69) is 59.8 Å². The van der Waals surface area contributed by atoms with Crippen molar-refractivity contribution in [1.82, 2.24) is 0 Å². The van der Waals surface area contributed by atoms with E-state index in [0.717, 1.165) is 34.2 Å². The van der Waals surface area contributed by atoms with Crippen LogP contribution in [0.1, 0.15) is 40.5 Å². The summed E-state index contributed by atoms with van der Waals surface area (Å²) >= 11 is 7.55. The number of thioether (sulfide) groups is 4. The molecule has 0 saturated heterocycles. The molecule has 4 aliphatic heterocycles. The highest BCUT2D eigenvalue weighted by Gasteiger charge is 2.57. The summed E-state index contributed by atoms with van der Waals surface area (Å²) < 4.78 is 9.83. The molecule has 4 heterocycles. The maximum absolute atomic E-state index is 11.1. The maximum Gasteiger partial charge on any atom is 0.373 e. The predicted molar refractivity (Wildman–Crippen MR) is 174 cm³/mol. The van der Waals surface area contributed by atoms with E-state index in [0.29, 0.717) is 35.5 Å². The van der Waals surface area contributed by atoms with Crippen LogP contribution in [0.2, 0.25) is 0 Å². The highest BCUT2D eigenvalue weighted by atomic mass is 32.2. The van der Waals surface area contributed by atoms with Crippen molar-refractivity contribution in [2.75, 3.05) is 13.2 Å². The van der Waals surface area contributed by atoms with Gasteiger partial charge in [-0.3, -0.25) is 9.59 Å². The molecule has 240 valence electrons. The number of allylic oxidation sites excluding steroid dienone is 4. The van der Waals surface area contributed by atoms with Gasteiger partial charge in [-0.25, -0.2) is 0 Å². The second kappa shape index (κ2) is 18.3. The van der Waals surface area contributed by atoms with Crippen LogP contribution in [0, 0.1) is 47.3 Å². The molecule has 4 saturated carbocycles. The van der Waals surface area contributed by atoms with Crippen molar-refractivity contribution in [3.63, 3.8) is 0 Å². The Hall–Kier alpha value is -1.94. The lowest BCUT2D eigenvalue weighted by Gasteiger charge is -1.99. The molecule has 12 heteroatoms. The van der Waals surface area contributed by atoms with Gasteiger partial charge in [0.1, 0.15) is 0 Å². The molecule has 8 nitrogen and oxygen atoms in total. The van der Waals surface area contributed by atoms with Crippen LogP contribution in [0.15, 0.2) is 45.9 Å². The number of hydrogen-bond donors (Lipinski definition) is 0. The molecule has 0 radical (unpaired) electrons. The van der Waals surface area contributed by atoms with Gasteiger partial charge in [-0.05, 0) is 59.2 Å². The van der Waals surface area contributed by atoms with Crippen molar-refractivity contribution < 1.29 is 38.2 Å². The van der Waals surface area contributed by atoms with Crippen molar-refractivity contribution in [2.24, 2.45) is 47.3 Å². The van der Waals surface area contributed by atoms with Crippen LogP contribution in [-0.4, -0.2) is 58.5 Å². The molecule has 0 aromatic carbocycles. The van der Waals surface area contributed by atoms with Crippen LogP contribution < -0.4 is 0 Å². The zero-order valence-corrected chi connectivity index (χ0v) is 28.5. The molecule has 0 aromatic rings. The Morgan fingerprint density at radius 1 is 0.545 bits per heavy atom. The summed E-state index contributed by atoms with van der Waals surface area (Å²) in [5.74, 6) is 5.33. The first-order valence-corrected chi connectivity index (χ1v) is 18.8. The van der Waals surface area contributed by atoms with Gasteiger partial charge in [-0.15, -0.1) is 47.0 Å². The van der Waals surface area contributed by atoms with Crippen molar-refractivity contribution >= 4 is 71.3 Å². The van der Waals surface area contributed by atoms with Gasteiger partial charge >= 0.3 is 24.2 Å². The molecule has 4 aliphatic carbocycles. The fraction of sp³-hybridized carbons (Fsp3) is 0.625. The molecule has 0 amide bonds. The minimum atomic E-state index is -0.0145. The average molecular weight is 681 g/mol. The summed E-state index contributed by atoms with van der Waals surface area (Å²) in [7, 11) is 0. The Balaban J connectivity index is 0.000000152. The third-order valence-electron chi connectivity index (χ3n) is 8.53. The number of hydrogen-bond acceptors (Lipinski definition) is 12. The SMILES string of the molecule is CCOC(=O)[C@@H]1[C@@H]2C=CS[C@@H]21.CCOC(=O)[C@@H]1[C@H]2C=CS[C@H]21.CC[C@H]1[C@@H]2C=CS[C@@H]21.CC[C@H]1[C@H]2C=CS[C@H]21.O=C=O.O=C=O. The van der Waals surface area contributed by atoms with Crippen LogP contribution in [0.5, 0.6) is 0 Å². The number of rotatable bonds is 6. The summed E-state index contributed by atoms with van der Waals surface area (Å²) in [6, 6.07) is 0. The van der Waals surface area contributed by atoms with E-state index in [1.165, 1.54) is 12.8 Å². The zero-order chi connectivity index (χ0) is 32.2. The molecule has 4 fully saturated rings. The third-order valence-corrected chi connectivity index (χ3v) is 13.6. The summed E-state index contributed by atoms with van der Waals surface area (Å²) in [5, 5.41) is 11.7. The second-order valence-electron chi connectivity index (χ2n) is 10.9. The molecule has 44 heavy (non-hydrogen) atoms. The number of ether oxygens (including phenoxy) is 2. The zero-order valence-electron chi connectivity index (χ0n) is 25.3. The fourth-order valence-electron chi connectivity index (χ4n) is 6.02. The molecule has 12 atom stereocenters. The molecular formula is C32H40O8S4. The quantitative estimate of drug-likeness (QED) is 0.296. The van der Waals surface area contributed by atoms with Crippen molar-refractivity contribution in [3.05, 3.63) is 45.9 Å². The van der Waals surface area contributed by atoms with Gasteiger partial charge in [-0.1, -0.05) is 51.0 Å².